The molecule has 2 aromatic carbocycles. The normalized spacial score (nSPS) is 10.7. The van der Waals surface area contributed by atoms with Gasteiger partial charge in [0.15, 0.2) is 5.78 Å². The average Bonchev–Trinajstić information content (AvgIpc) is 3.18. The maximum Gasteiger partial charge on any atom is 0.159 e. The first-order chi connectivity index (χ1) is 13.2. The molecule has 1 N–H and O–H groups in total. The lowest BCUT2D eigenvalue weighted by atomic mass is 10.1. The van der Waals surface area contributed by atoms with Gasteiger partial charge in [0.2, 0.25) is 0 Å². The van der Waals surface area contributed by atoms with Crippen LogP contribution in [-0.2, 0) is 0 Å². The highest BCUT2D eigenvalue weighted by atomic mass is 16.5. The zero-order valence-electron chi connectivity index (χ0n) is 16.0. The van der Waals surface area contributed by atoms with Crippen LogP contribution in [0.25, 0.3) is 22.5 Å². The summed E-state index contributed by atoms with van der Waals surface area (Å²) < 4.78 is 5.79. The molecule has 3 aromatic rings. The minimum atomic E-state index is 0.0690. The molecule has 0 spiro atoms. The van der Waals surface area contributed by atoms with Crippen molar-refractivity contribution < 1.29 is 9.53 Å². The molecule has 1 aromatic heterocycles. The topological polar surface area (TPSA) is 55.0 Å². The molecule has 0 aliphatic carbocycles. The second kappa shape index (κ2) is 9.17. The molecule has 0 fully saturated rings. The van der Waals surface area contributed by atoms with Crippen LogP contribution in [0.1, 0.15) is 49.9 Å². The standard InChI is InChI=1S/C23H26N2O2/c1-3-4-5-6-15-27-21-13-11-20(12-14-21)23-16-22(24-25-23)19-9-7-18(8-10-19)17(2)26/h7-14,16H,3-6,15H2,1-2H3,(H,24,25). The number of unbranched alkanes of at least 4 members (excludes halogenated alkanes) is 3. The number of aromatic amines is 1. The van der Waals surface area contributed by atoms with E-state index in [1.807, 2.05) is 54.6 Å². The molecule has 0 bridgehead atoms. The Balaban J connectivity index is 1.63. The SMILES string of the molecule is CCCCCCOc1ccc(-c2cc(-c3ccc(C(C)=O)cc3)[nH]n2)cc1. The Kier molecular flexibility index (Phi) is 6.42. The number of benzene rings is 2. The number of hydrogen-bond donors (Lipinski definition) is 1. The van der Waals surface area contributed by atoms with Crippen molar-refractivity contribution in [2.75, 3.05) is 6.61 Å². The van der Waals surface area contributed by atoms with E-state index in [0.717, 1.165) is 41.3 Å². The minimum absolute atomic E-state index is 0.0690. The van der Waals surface area contributed by atoms with E-state index in [1.165, 1.54) is 19.3 Å². The molecule has 140 valence electrons. The number of aromatic nitrogens is 2. The first-order valence-corrected chi connectivity index (χ1v) is 9.57. The fraction of sp³-hybridized carbons (Fsp3) is 0.304. The quantitative estimate of drug-likeness (QED) is 0.380. The maximum absolute atomic E-state index is 11.4. The van der Waals surface area contributed by atoms with Crippen molar-refractivity contribution in [3.05, 3.63) is 60.2 Å². The summed E-state index contributed by atoms with van der Waals surface area (Å²) in [6.45, 7) is 4.55. The van der Waals surface area contributed by atoms with Crippen LogP contribution in [0, 0.1) is 0 Å². The zero-order valence-corrected chi connectivity index (χ0v) is 16.0. The van der Waals surface area contributed by atoms with Crippen LogP contribution in [0.4, 0.5) is 0 Å². The van der Waals surface area contributed by atoms with Gasteiger partial charge in [0, 0.05) is 11.1 Å². The molecule has 0 aliphatic heterocycles. The number of carbonyl (C=O) groups excluding carboxylic acids is 1. The third kappa shape index (κ3) is 5.07. The molecule has 0 amide bonds. The van der Waals surface area contributed by atoms with E-state index in [0.29, 0.717) is 5.56 Å². The molecule has 3 rings (SSSR count). The highest BCUT2D eigenvalue weighted by Gasteiger charge is 2.07. The smallest absolute Gasteiger partial charge is 0.159 e. The van der Waals surface area contributed by atoms with Crippen molar-refractivity contribution in [3.63, 3.8) is 0 Å². The predicted octanol–water partition coefficient (Wildman–Crippen LogP) is 5.91. The van der Waals surface area contributed by atoms with E-state index in [-0.39, 0.29) is 5.78 Å². The number of nitrogens with zero attached hydrogens (tertiary/aromatic N) is 1. The zero-order chi connectivity index (χ0) is 19.1. The van der Waals surface area contributed by atoms with Crippen LogP contribution in [0.3, 0.4) is 0 Å². The van der Waals surface area contributed by atoms with Gasteiger partial charge in [-0.25, -0.2) is 0 Å². The Labute approximate surface area is 160 Å². The number of Topliss-reactive ketones (excluding diaryl/α,β-unsaturated/α-hetero) is 1. The van der Waals surface area contributed by atoms with Crippen molar-refractivity contribution in [3.8, 4) is 28.3 Å². The van der Waals surface area contributed by atoms with E-state index < -0.39 is 0 Å². The fourth-order valence-electron chi connectivity index (χ4n) is 2.94. The van der Waals surface area contributed by atoms with Crippen LogP contribution in [0.15, 0.2) is 54.6 Å². The second-order valence-electron chi connectivity index (χ2n) is 6.73. The number of nitrogens with one attached hydrogen (secondary N) is 1. The summed E-state index contributed by atoms with van der Waals surface area (Å²) in [6, 6.07) is 17.6. The highest BCUT2D eigenvalue weighted by Crippen LogP contribution is 2.25. The summed E-state index contributed by atoms with van der Waals surface area (Å²) in [7, 11) is 0. The number of hydrogen-bond acceptors (Lipinski definition) is 3. The molecule has 4 nitrogen and oxygen atoms in total. The van der Waals surface area contributed by atoms with Crippen molar-refractivity contribution in [2.45, 2.75) is 39.5 Å². The summed E-state index contributed by atoms with van der Waals surface area (Å²) >= 11 is 0. The number of ketones is 1. The first kappa shape index (κ1) is 18.9. The molecule has 0 saturated carbocycles. The maximum atomic E-state index is 11.4. The summed E-state index contributed by atoms with van der Waals surface area (Å²) in [5, 5.41) is 7.48. The lowest BCUT2D eigenvalue weighted by Gasteiger charge is -2.06. The van der Waals surface area contributed by atoms with E-state index in [2.05, 4.69) is 17.1 Å². The largest absolute Gasteiger partial charge is 0.494 e. The Morgan fingerprint density at radius 1 is 0.963 bits per heavy atom. The molecule has 0 unspecified atom stereocenters. The first-order valence-electron chi connectivity index (χ1n) is 9.57. The molecular weight excluding hydrogens is 336 g/mol. The number of rotatable bonds is 9. The highest BCUT2D eigenvalue weighted by molar-refractivity contribution is 5.94. The van der Waals surface area contributed by atoms with Crippen LogP contribution >= 0.6 is 0 Å². The predicted molar refractivity (Wildman–Crippen MR) is 109 cm³/mol. The summed E-state index contributed by atoms with van der Waals surface area (Å²) in [5.74, 6) is 0.963. The molecule has 4 heteroatoms. The summed E-state index contributed by atoms with van der Waals surface area (Å²) in [6.07, 6.45) is 4.82. The monoisotopic (exact) mass is 362 g/mol. The molecule has 1 heterocycles. The fourth-order valence-corrected chi connectivity index (χ4v) is 2.94. The van der Waals surface area contributed by atoms with E-state index in [4.69, 9.17) is 4.74 Å². The third-order valence-corrected chi connectivity index (χ3v) is 4.60. The van der Waals surface area contributed by atoms with Gasteiger partial charge in [0.25, 0.3) is 0 Å². The van der Waals surface area contributed by atoms with Crippen LogP contribution in [-0.4, -0.2) is 22.6 Å². The van der Waals surface area contributed by atoms with Gasteiger partial charge in [-0.2, -0.15) is 5.10 Å². The molecule has 0 saturated heterocycles. The van der Waals surface area contributed by atoms with Gasteiger partial charge in [-0.3, -0.25) is 9.89 Å². The number of H-pyrrole nitrogens is 1. The van der Waals surface area contributed by atoms with Crippen molar-refractivity contribution >= 4 is 5.78 Å². The molecule has 0 aliphatic rings. The van der Waals surface area contributed by atoms with Crippen molar-refractivity contribution in [1.29, 1.82) is 0 Å². The van der Waals surface area contributed by atoms with Gasteiger partial charge in [-0.1, -0.05) is 50.5 Å². The molecular formula is C23H26N2O2. The average molecular weight is 362 g/mol. The Morgan fingerprint density at radius 2 is 1.67 bits per heavy atom. The minimum Gasteiger partial charge on any atom is -0.494 e. The Bertz CT molecular complexity index is 864. The van der Waals surface area contributed by atoms with E-state index >= 15 is 0 Å². The van der Waals surface area contributed by atoms with Gasteiger partial charge in [0.05, 0.1) is 18.0 Å². The van der Waals surface area contributed by atoms with E-state index in [1.54, 1.807) is 6.92 Å². The molecule has 27 heavy (non-hydrogen) atoms. The van der Waals surface area contributed by atoms with Crippen LogP contribution in [0.2, 0.25) is 0 Å². The lowest BCUT2D eigenvalue weighted by molar-refractivity contribution is 0.101. The van der Waals surface area contributed by atoms with E-state index in [9.17, 15) is 4.79 Å². The third-order valence-electron chi connectivity index (χ3n) is 4.60. The van der Waals surface area contributed by atoms with Crippen LogP contribution in [0.5, 0.6) is 5.75 Å². The number of ether oxygens (including phenoxy) is 1. The van der Waals surface area contributed by atoms with Crippen LogP contribution < -0.4 is 4.74 Å². The van der Waals surface area contributed by atoms with Gasteiger partial charge in [0.1, 0.15) is 5.75 Å². The van der Waals surface area contributed by atoms with Gasteiger partial charge in [-0.15, -0.1) is 0 Å². The lowest BCUT2D eigenvalue weighted by Crippen LogP contribution is -1.96. The number of carbonyl (C=O) groups is 1. The van der Waals surface area contributed by atoms with Crippen molar-refractivity contribution in [1.82, 2.24) is 10.2 Å². The van der Waals surface area contributed by atoms with Gasteiger partial charge >= 0.3 is 0 Å². The van der Waals surface area contributed by atoms with Gasteiger partial charge < -0.3 is 4.74 Å². The van der Waals surface area contributed by atoms with Crippen molar-refractivity contribution in [2.24, 2.45) is 0 Å². The Morgan fingerprint density at radius 3 is 2.33 bits per heavy atom. The molecule has 0 atom stereocenters. The van der Waals surface area contributed by atoms with Gasteiger partial charge in [-0.05, 0) is 49.2 Å². The summed E-state index contributed by atoms with van der Waals surface area (Å²) in [4.78, 5) is 11.4. The molecule has 0 radical (unpaired) electrons. The summed E-state index contributed by atoms with van der Waals surface area (Å²) in [5.41, 5.74) is 4.57. The second-order valence-corrected chi connectivity index (χ2v) is 6.73. The Hall–Kier alpha value is -2.88.